The molecule has 1 aromatic carbocycles. The van der Waals surface area contributed by atoms with Crippen molar-refractivity contribution in [2.24, 2.45) is 5.73 Å². The van der Waals surface area contributed by atoms with Crippen molar-refractivity contribution in [2.75, 3.05) is 20.1 Å². The third-order valence-electron chi connectivity index (χ3n) is 3.32. The van der Waals surface area contributed by atoms with E-state index >= 15 is 0 Å². The minimum Gasteiger partial charge on any atom is -0.355 e. The molecule has 0 aromatic heterocycles. The number of hydrogen-bond acceptors (Lipinski definition) is 3. The molecule has 2 atom stereocenters. The maximum absolute atomic E-state index is 11.8. The fraction of sp³-hybridized carbons (Fsp3) is 0.562. The molecule has 112 valence electrons. The number of amides is 1. The van der Waals surface area contributed by atoms with Gasteiger partial charge in [0.1, 0.15) is 0 Å². The molecule has 0 heterocycles. The minimum atomic E-state index is -0.0409. The van der Waals surface area contributed by atoms with Gasteiger partial charge in [0, 0.05) is 18.6 Å². The Kier molecular flexibility index (Phi) is 6.68. The largest absolute Gasteiger partial charge is 0.355 e. The SMILES string of the molecule is CCCNC(=O)CN(C)C(c1cccc(C)c1)C(C)N. The van der Waals surface area contributed by atoms with Gasteiger partial charge in [0.2, 0.25) is 5.91 Å². The maximum atomic E-state index is 11.8. The van der Waals surface area contributed by atoms with E-state index in [0.717, 1.165) is 18.5 Å². The fourth-order valence-corrected chi connectivity index (χ4v) is 2.46. The number of carbonyl (C=O) groups is 1. The Morgan fingerprint density at radius 1 is 1.45 bits per heavy atom. The number of rotatable bonds is 7. The lowest BCUT2D eigenvalue weighted by Crippen LogP contribution is -2.42. The predicted molar refractivity (Wildman–Crippen MR) is 83.5 cm³/mol. The van der Waals surface area contributed by atoms with Gasteiger partial charge in [-0.3, -0.25) is 9.69 Å². The molecule has 4 heteroatoms. The fourth-order valence-electron chi connectivity index (χ4n) is 2.46. The molecule has 0 radical (unpaired) electrons. The van der Waals surface area contributed by atoms with E-state index in [9.17, 15) is 4.79 Å². The van der Waals surface area contributed by atoms with Crippen molar-refractivity contribution >= 4 is 5.91 Å². The Morgan fingerprint density at radius 2 is 2.15 bits per heavy atom. The van der Waals surface area contributed by atoms with Crippen molar-refractivity contribution < 1.29 is 4.79 Å². The van der Waals surface area contributed by atoms with E-state index in [1.165, 1.54) is 5.56 Å². The first-order chi connectivity index (χ1) is 9.45. The van der Waals surface area contributed by atoms with Crippen LogP contribution in [0.15, 0.2) is 24.3 Å². The van der Waals surface area contributed by atoms with Gasteiger partial charge in [-0.25, -0.2) is 0 Å². The number of nitrogens with one attached hydrogen (secondary N) is 1. The summed E-state index contributed by atoms with van der Waals surface area (Å²) in [4.78, 5) is 13.9. The monoisotopic (exact) mass is 277 g/mol. The highest BCUT2D eigenvalue weighted by Gasteiger charge is 2.22. The van der Waals surface area contributed by atoms with Crippen LogP contribution in [0.4, 0.5) is 0 Å². The van der Waals surface area contributed by atoms with Crippen LogP contribution in [0.1, 0.15) is 37.4 Å². The van der Waals surface area contributed by atoms with Crippen molar-refractivity contribution in [1.29, 1.82) is 0 Å². The van der Waals surface area contributed by atoms with E-state index in [-0.39, 0.29) is 18.0 Å². The van der Waals surface area contributed by atoms with Gasteiger partial charge < -0.3 is 11.1 Å². The predicted octanol–water partition coefficient (Wildman–Crippen LogP) is 1.84. The number of hydrogen-bond donors (Lipinski definition) is 2. The summed E-state index contributed by atoms with van der Waals surface area (Å²) in [5.74, 6) is 0.0488. The summed E-state index contributed by atoms with van der Waals surface area (Å²) in [6, 6.07) is 8.31. The van der Waals surface area contributed by atoms with Crippen LogP contribution >= 0.6 is 0 Å². The highest BCUT2D eigenvalue weighted by atomic mass is 16.2. The Hall–Kier alpha value is -1.39. The molecule has 0 saturated heterocycles. The van der Waals surface area contributed by atoms with Crippen LogP contribution in [0, 0.1) is 6.92 Å². The smallest absolute Gasteiger partial charge is 0.234 e. The molecule has 0 spiro atoms. The molecule has 0 saturated carbocycles. The molecule has 1 aromatic rings. The molecule has 1 amide bonds. The van der Waals surface area contributed by atoms with Gasteiger partial charge in [-0.2, -0.15) is 0 Å². The van der Waals surface area contributed by atoms with Gasteiger partial charge >= 0.3 is 0 Å². The molecular formula is C16H27N3O. The summed E-state index contributed by atoms with van der Waals surface area (Å²) < 4.78 is 0. The Morgan fingerprint density at radius 3 is 2.70 bits per heavy atom. The average Bonchev–Trinajstić information content (AvgIpc) is 2.36. The molecule has 4 nitrogen and oxygen atoms in total. The summed E-state index contributed by atoms with van der Waals surface area (Å²) in [5, 5.41) is 2.90. The number of nitrogens with two attached hydrogens (primary N) is 1. The van der Waals surface area contributed by atoms with Gasteiger partial charge in [-0.1, -0.05) is 36.8 Å². The van der Waals surface area contributed by atoms with Crippen LogP contribution in [0.25, 0.3) is 0 Å². The van der Waals surface area contributed by atoms with Crippen LogP contribution in [0.3, 0.4) is 0 Å². The Bertz CT molecular complexity index is 431. The van der Waals surface area contributed by atoms with E-state index in [1.807, 2.05) is 31.9 Å². The molecule has 20 heavy (non-hydrogen) atoms. The zero-order valence-electron chi connectivity index (χ0n) is 13.0. The molecule has 0 aliphatic heterocycles. The molecule has 2 unspecified atom stereocenters. The lowest BCUT2D eigenvalue weighted by atomic mass is 9.98. The van der Waals surface area contributed by atoms with Gasteiger partial charge in [0.05, 0.1) is 6.54 Å². The molecule has 1 rings (SSSR count). The quantitative estimate of drug-likeness (QED) is 0.799. The first-order valence-electron chi connectivity index (χ1n) is 7.24. The van der Waals surface area contributed by atoms with Crippen LogP contribution in [0.2, 0.25) is 0 Å². The standard InChI is InChI=1S/C16H27N3O/c1-5-9-18-15(20)11-19(4)16(13(3)17)14-8-6-7-12(2)10-14/h6-8,10,13,16H,5,9,11,17H2,1-4H3,(H,18,20). The van der Waals surface area contributed by atoms with Gasteiger partial charge in [0.25, 0.3) is 0 Å². The van der Waals surface area contributed by atoms with Crippen LogP contribution in [0.5, 0.6) is 0 Å². The van der Waals surface area contributed by atoms with Crippen LogP contribution in [-0.4, -0.2) is 37.0 Å². The van der Waals surface area contributed by atoms with E-state index < -0.39 is 0 Å². The first-order valence-corrected chi connectivity index (χ1v) is 7.24. The van der Waals surface area contributed by atoms with E-state index in [4.69, 9.17) is 5.73 Å². The Balaban J connectivity index is 2.78. The normalized spacial score (nSPS) is 14.1. The molecular weight excluding hydrogens is 250 g/mol. The number of aryl methyl sites for hydroxylation is 1. The van der Waals surface area contributed by atoms with Crippen molar-refractivity contribution in [3.8, 4) is 0 Å². The second-order valence-electron chi connectivity index (χ2n) is 5.48. The maximum Gasteiger partial charge on any atom is 0.234 e. The molecule has 3 N–H and O–H groups in total. The topological polar surface area (TPSA) is 58.4 Å². The highest BCUT2D eigenvalue weighted by Crippen LogP contribution is 2.22. The number of benzene rings is 1. The van der Waals surface area contributed by atoms with E-state index in [1.54, 1.807) is 0 Å². The number of nitrogens with zero attached hydrogens (tertiary/aromatic N) is 1. The van der Waals surface area contributed by atoms with Gasteiger partial charge in [-0.15, -0.1) is 0 Å². The van der Waals surface area contributed by atoms with E-state index in [2.05, 4.69) is 30.4 Å². The highest BCUT2D eigenvalue weighted by molar-refractivity contribution is 5.78. The Labute approximate surface area is 122 Å². The third kappa shape index (κ3) is 4.94. The molecule has 0 aliphatic carbocycles. The zero-order chi connectivity index (χ0) is 15.1. The van der Waals surface area contributed by atoms with Crippen molar-refractivity contribution in [1.82, 2.24) is 10.2 Å². The molecule has 0 fully saturated rings. The summed E-state index contributed by atoms with van der Waals surface area (Å²) >= 11 is 0. The minimum absolute atomic E-state index is 0.0409. The van der Waals surface area contributed by atoms with Crippen LogP contribution < -0.4 is 11.1 Å². The van der Waals surface area contributed by atoms with E-state index in [0.29, 0.717) is 6.54 Å². The van der Waals surface area contributed by atoms with Gasteiger partial charge in [-0.05, 0) is 32.9 Å². The molecule has 0 aliphatic rings. The summed E-state index contributed by atoms with van der Waals surface area (Å²) in [7, 11) is 1.95. The van der Waals surface area contributed by atoms with Crippen LogP contribution in [-0.2, 0) is 4.79 Å². The lowest BCUT2D eigenvalue weighted by Gasteiger charge is -2.31. The summed E-state index contributed by atoms with van der Waals surface area (Å²) in [6.07, 6.45) is 0.948. The second-order valence-corrected chi connectivity index (χ2v) is 5.48. The van der Waals surface area contributed by atoms with Crippen molar-refractivity contribution in [3.63, 3.8) is 0 Å². The summed E-state index contributed by atoms with van der Waals surface area (Å²) in [6.45, 7) is 7.17. The average molecular weight is 277 g/mol. The van der Waals surface area contributed by atoms with Crippen molar-refractivity contribution in [2.45, 2.75) is 39.3 Å². The zero-order valence-corrected chi connectivity index (χ0v) is 13.0. The first kappa shape index (κ1) is 16.7. The second kappa shape index (κ2) is 8.02. The number of carbonyl (C=O) groups excluding carboxylic acids is 1. The number of likely N-dealkylation sites (N-methyl/N-ethyl adjacent to an activating group) is 1. The summed E-state index contributed by atoms with van der Waals surface area (Å²) in [5.41, 5.74) is 8.49. The molecule has 0 bridgehead atoms. The van der Waals surface area contributed by atoms with Gasteiger partial charge in [0.15, 0.2) is 0 Å². The lowest BCUT2D eigenvalue weighted by molar-refractivity contribution is -0.122. The van der Waals surface area contributed by atoms with Crippen molar-refractivity contribution in [3.05, 3.63) is 35.4 Å². The third-order valence-corrected chi connectivity index (χ3v) is 3.32.